The number of carboxylic acid groups (broad SMARTS) is 1. The van der Waals surface area contributed by atoms with E-state index in [0.29, 0.717) is 11.3 Å². The second-order valence-corrected chi connectivity index (χ2v) is 3.13. The highest BCUT2D eigenvalue weighted by atomic mass is 32.1. The summed E-state index contributed by atoms with van der Waals surface area (Å²) in [6, 6.07) is 5.15. The predicted octanol–water partition coefficient (Wildman–Crippen LogP) is 2.40. The summed E-state index contributed by atoms with van der Waals surface area (Å²) >= 11 is 4.05. The van der Waals surface area contributed by atoms with E-state index in [1.54, 1.807) is 18.2 Å². The minimum atomic E-state index is -0.948. The van der Waals surface area contributed by atoms with E-state index in [1.165, 1.54) is 0 Å². The van der Waals surface area contributed by atoms with Crippen LogP contribution in [0.4, 0.5) is 0 Å². The largest absolute Gasteiger partial charge is 0.478 e. The van der Waals surface area contributed by atoms with Crippen LogP contribution < -0.4 is 0 Å². The molecule has 0 radical (unpaired) electrons. The zero-order valence-electron chi connectivity index (χ0n) is 7.03. The number of hydrogen-bond acceptors (Lipinski definition) is 2. The summed E-state index contributed by atoms with van der Waals surface area (Å²) in [6.45, 7) is 3.59. The molecule has 0 heterocycles. The molecule has 0 aliphatic rings. The highest BCUT2D eigenvalue weighted by Gasteiger charge is 2.07. The van der Waals surface area contributed by atoms with Gasteiger partial charge in [-0.1, -0.05) is 12.1 Å². The Hall–Kier alpha value is -1.22. The number of allylic oxidation sites excluding steroid dienone is 1. The van der Waals surface area contributed by atoms with Crippen molar-refractivity contribution < 1.29 is 9.90 Å². The Balaban J connectivity index is 3.10. The van der Waals surface area contributed by atoms with Gasteiger partial charge in [-0.15, -0.1) is 19.2 Å². The second-order valence-electron chi connectivity index (χ2n) is 2.65. The molecule has 0 aromatic heterocycles. The summed E-state index contributed by atoms with van der Waals surface area (Å²) in [5.41, 5.74) is 1.17. The Labute approximate surface area is 82.3 Å². The molecule has 1 rings (SSSR count). The summed E-state index contributed by atoms with van der Waals surface area (Å²) in [4.78, 5) is 11.2. The van der Waals surface area contributed by atoms with Crippen LogP contribution in [-0.2, 0) is 6.42 Å². The van der Waals surface area contributed by atoms with E-state index in [1.807, 2.05) is 6.07 Å². The normalized spacial score (nSPS) is 9.62. The summed E-state index contributed by atoms with van der Waals surface area (Å²) in [5.74, 6) is -0.948. The van der Waals surface area contributed by atoms with Crippen molar-refractivity contribution in [3.8, 4) is 0 Å². The van der Waals surface area contributed by atoms with Crippen LogP contribution in [0.3, 0.4) is 0 Å². The van der Waals surface area contributed by atoms with Crippen molar-refractivity contribution in [3.05, 3.63) is 42.0 Å². The fourth-order valence-corrected chi connectivity index (χ4v) is 1.28. The van der Waals surface area contributed by atoms with E-state index in [4.69, 9.17) is 5.11 Å². The van der Waals surface area contributed by atoms with Crippen molar-refractivity contribution in [3.63, 3.8) is 0 Å². The zero-order chi connectivity index (χ0) is 9.84. The maximum Gasteiger partial charge on any atom is 0.336 e. The smallest absolute Gasteiger partial charge is 0.336 e. The molecular formula is C10H10O2S. The second kappa shape index (κ2) is 4.14. The van der Waals surface area contributed by atoms with Crippen LogP contribution >= 0.6 is 12.6 Å². The molecular weight excluding hydrogens is 184 g/mol. The zero-order valence-corrected chi connectivity index (χ0v) is 7.92. The Morgan fingerprint density at radius 2 is 2.31 bits per heavy atom. The molecule has 68 valence electrons. The van der Waals surface area contributed by atoms with Crippen molar-refractivity contribution in [2.45, 2.75) is 11.3 Å². The number of carbonyl (C=O) groups is 1. The molecule has 0 atom stereocenters. The molecule has 0 amide bonds. The quantitative estimate of drug-likeness (QED) is 0.572. The van der Waals surface area contributed by atoms with E-state index in [0.717, 1.165) is 5.56 Å². The SMILES string of the molecule is C=CCc1ccc(S)c(C(=O)O)c1. The Kier molecular flexibility index (Phi) is 3.14. The van der Waals surface area contributed by atoms with Gasteiger partial charge >= 0.3 is 5.97 Å². The van der Waals surface area contributed by atoms with Gasteiger partial charge in [0.05, 0.1) is 5.56 Å². The summed E-state index contributed by atoms with van der Waals surface area (Å²) < 4.78 is 0. The molecule has 0 aliphatic carbocycles. The number of thiol groups is 1. The highest BCUT2D eigenvalue weighted by Crippen LogP contribution is 2.16. The molecule has 0 saturated carbocycles. The molecule has 1 N–H and O–H groups in total. The average molecular weight is 194 g/mol. The van der Waals surface area contributed by atoms with Crippen molar-refractivity contribution in [1.82, 2.24) is 0 Å². The van der Waals surface area contributed by atoms with Gasteiger partial charge in [-0.3, -0.25) is 0 Å². The monoisotopic (exact) mass is 194 g/mol. The minimum absolute atomic E-state index is 0.239. The fraction of sp³-hybridized carbons (Fsp3) is 0.100. The van der Waals surface area contributed by atoms with Gasteiger partial charge < -0.3 is 5.11 Å². The van der Waals surface area contributed by atoms with Crippen molar-refractivity contribution in [1.29, 1.82) is 0 Å². The lowest BCUT2D eigenvalue weighted by Crippen LogP contribution is -1.98. The van der Waals surface area contributed by atoms with E-state index in [2.05, 4.69) is 19.2 Å². The molecule has 0 saturated heterocycles. The summed E-state index contributed by atoms with van der Waals surface area (Å²) in [6.07, 6.45) is 2.41. The number of carboxylic acids is 1. The number of rotatable bonds is 3. The lowest BCUT2D eigenvalue weighted by Gasteiger charge is -2.02. The summed E-state index contributed by atoms with van der Waals surface area (Å²) in [7, 11) is 0. The van der Waals surface area contributed by atoms with Crippen LogP contribution in [0.5, 0.6) is 0 Å². The summed E-state index contributed by atoms with van der Waals surface area (Å²) in [5, 5.41) is 8.78. The van der Waals surface area contributed by atoms with E-state index in [-0.39, 0.29) is 5.56 Å². The van der Waals surface area contributed by atoms with E-state index < -0.39 is 5.97 Å². The third-order valence-electron chi connectivity index (χ3n) is 1.67. The van der Waals surface area contributed by atoms with Crippen LogP contribution in [0.25, 0.3) is 0 Å². The van der Waals surface area contributed by atoms with E-state index in [9.17, 15) is 4.79 Å². The first-order valence-corrected chi connectivity index (χ1v) is 4.26. The van der Waals surface area contributed by atoms with Crippen LogP contribution in [-0.4, -0.2) is 11.1 Å². The molecule has 0 spiro atoms. The van der Waals surface area contributed by atoms with Gasteiger partial charge in [0.25, 0.3) is 0 Å². The van der Waals surface area contributed by atoms with Crippen LogP contribution in [0, 0.1) is 0 Å². The van der Waals surface area contributed by atoms with Gasteiger partial charge in [-0.25, -0.2) is 4.79 Å². The molecule has 2 nitrogen and oxygen atoms in total. The molecule has 0 bridgehead atoms. The molecule has 1 aromatic rings. The molecule has 13 heavy (non-hydrogen) atoms. The van der Waals surface area contributed by atoms with Crippen molar-refractivity contribution in [2.75, 3.05) is 0 Å². The van der Waals surface area contributed by atoms with Crippen molar-refractivity contribution >= 4 is 18.6 Å². The standard InChI is InChI=1S/C10H10O2S/c1-2-3-7-4-5-9(13)8(6-7)10(11)12/h2,4-6,13H,1,3H2,(H,11,12). The first kappa shape index (κ1) is 9.86. The number of hydrogen-bond donors (Lipinski definition) is 2. The molecule has 1 aromatic carbocycles. The Morgan fingerprint density at radius 1 is 1.62 bits per heavy atom. The average Bonchev–Trinajstić information content (AvgIpc) is 2.08. The lowest BCUT2D eigenvalue weighted by atomic mass is 10.1. The molecule has 3 heteroatoms. The van der Waals surface area contributed by atoms with Crippen LogP contribution in [0.2, 0.25) is 0 Å². The number of aromatic carboxylic acids is 1. The third kappa shape index (κ3) is 2.36. The maximum atomic E-state index is 10.7. The van der Waals surface area contributed by atoms with Gasteiger partial charge in [-0.2, -0.15) is 0 Å². The fourth-order valence-electron chi connectivity index (χ4n) is 1.05. The Bertz CT molecular complexity index is 345. The van der Waals surface area contributed by atoms with E-state index >= 15 is 0 Å². The predicted molar refractivity (Wildman–Crippen MR) is 54.6 cm³/mol. The maximum absolute atomic E-state index is 10.7. The molecule has 0 fully saturated rings. The lowest BCUT2D eigenvalue weighted by molar-refractivity contribution is 0.0693. The highest BCUT2D eigenvalue weighted by molar-refractivity contribution is 7.80. The first-order chi connectivity index (χ1) is 6.15. The van der Waals surface area contributed by atoms with Gasteiger partial charge in [-0.05, 0) is 24.1 Å². The van der Waals surface area contributed by atoms with Crippen molar-refractivity contribution in [2.24, 2.45) is 0 Å². The molecule has 0 unspecified atom stereocenters. The van der Waals surface area contributed by atoms with Gasteiger partial charge in [0.15, 0.2) is 0 Å². The third-order valence-corrected chi connectivity index (χ3v) is 2.06. The van der Waals surface area contributed by atoms with Gasteiger partial charge in [0, 0.05) is 4.90 Å². The first-order valence-electron chi connectivity index (χ1n) is 3.81. The minimum Gasteiger partial charge on any atom is -0.478 e. The number of benzene rings is 1. The topological polar surface area (TPSA) is 37.3 Å². The molecule has 0 aliphatic heterocycles. The van der Waals surface area contributed by atoms with Gasteiger partial charge in [0.1, 0.15) is 0 Å². The van der Waals surface area contributed by atoms with Crippen LogP contribution in [0.15, 0.2) is 35.7 Å². The Morgan fingerprint density at radius 3 is 2.85 bits per heavy atom. The van der Waals surface area contributed by atoms with Gasteiger partial charge in [0.2, 0.25) is 0 Å². The van der Waals surface area contributed by atoms with Crippen LogP contribution in [0.1, 0.15) is 15.9 Å².